The molecule has 0 aliphatic rings. The minimum Gasteiger partial charge on any atom is -0.353 e. The Bertz CT molecular complexity index is 395. The summed E-state index contributed by atoms with van der Waals surface area (Å²) in [4.78, 5) is 0. The molecule has 0 saturated carbocycles. The molecule has 1 rings (SSSR count). The first-order chi connectivity index (χ1) is 7.05. The van der Waals surface area contributed by atoms with Gasteiger partial charge in [0, 0.05) is 37.8 Å². The summed E-state index contributed by atoms with van der Waals surface area (Å²) in [5.41, 5.74) is 1.16. The molecule has 0 unspecified atom stereocenters. The van der Waals surface area contributed by atoms with Crippen LogP contribution in [0.15, 0.2) is 18.3 Å². The molecule has 0 spiro atoms. The van der Waals surface area contributed by atoms with Crippen LogP contribution < -0.4 is 5.32 Å². The van der Waals surface area contributed by atoms with E-state index in [1.54, 1.807) is 6.92 Å². The summed E-state index contributed by atoms with van der Waals surface area (Å²) in [6.07, 6.45) is 1.97. The minimum absolute atomic E-state index is 0.216. The van der Waals surface area contributed by atoms with Gasteiger partial charge in [-0.3, -0.25) is 0 Å². The van der Waals surface area contributed by atoms with Crippen LogP contribution in [0, 0.1) is 0 Å². The molecule has 0 fully saturated rings. The molecule has 5 heteroatoms. The lowest BCUT2D eigenvalue weighted by molar-refractivity contribution is 0.590. The standard InChI is InChI=1S/C10H18N2O2S/c1-3-15(13,14)8-6-11-9-10-5-4-7-12(10)2/h4-5,7,11H,3,6,8-9H2,1-2H3. The summed E-state index contributed by atoms with van der Waals surface area (Å²) in [6.45, 7) is 2.90. The highest BCUT2D eigenvalue weighted by Crippen LogP contribution is 1.98. The number of sulfone groups is 1. The Balaban J connectivity index is 2.26. The van der Waals surface area contributed by atoms with Crippen LogP contribution in [0.4, 0.5) is 0 Å². The van der Waals surface area contributed by atoms with E-state index in [2.05, 4.69) is 5.32 Å². The zero-order chi connectivity index (χ0) is 11.3. The molecule has 1 heterocycles. The Labute approximate surface area is 91.2 Å². The van der Waals surface area contributed by atoms with E-state index < -0.39 is 9.84 Å². The van der Waals surface area contributed by atoms with Crippen molar-refractivity contribution < 1.29 is 8.42 Å². The van der Waals surface area contributed by atoms with Crippen molar-refractivity contribution in [3.63, 3.8) is 0 Å². The van der Waals surface area contributed by atoms with Crippen molar-refractivity contribution in [3.05, 3.63) is 24.0 Å². The highest BCUT2D eigenvalue weighted by molar-refractivity contribution is 7.91. The Morgan fingerprint density at radius 1 is 1.47 bits per heavy atom. The van der Waals surface area contributed by atoms with Gasteiger partial charge in [0.05, 0.1) is 5.75 Å². The van der Waals surface area contributed by atoms with Gasteiger partial charge in [0.2, 0.25) is 0 Å². The third-order valence-electron chi connectivity index (χ3n) is 2.39. The molecule has 4 nitrogen and oxygen atoms in total. The molecule has 0 bridgehead atoms. The average molecular weight is 230 g/mol. The Morgan fingerprint density at radius 3 is 2.73 bits per heavy atom. The van der Waals surface area contributed by atoms with Gasteiger partial charge in [0.1, 0.15) is 0 Å². The van der Waals surface area contributed by atoms with Crippen LogP contribution in [0.25, 0.3) is 0 Å². The quantitative estimate of drug-likeness (QED) is 0.726. The third-order valence-corrected chi connectivity index (χ3v) is 4.09. The molecule has 1 aromatic rings. The maximum absolute atomic E-state index is 11.2. The number of nitrogens with one attached hydrogen (secondary N) is 1. The van der Waals surface area contributed by atoms with Crippen molar-refractivity contribution in [1.29, 1.82) is 0 Å². The fourth-order valence-corrected chi connectivity index (χ4v) is 2.01. The molecule has 0 aliphatic carbocycles. The summed E-state index contributed by atoms with van der Waals surface area (Å²) in [6, 6.07) is 3.99. The number of nitrogens with zero attached hydrogens (tertiary/aromatic N) is 1. The van der Waals surface area contributed by atoms with E-state index in [0.717, 1.165) is 5.69 Å². The molecule has 0 aromatic carbocycles. The first-order valence-electron chi connectivity index (χ1n) is 5.06. The second-order valence-corrected chi connectivity index (χ2v) is 6.00. The highest BCUT2D eigenvalue weighted by atomic mass is 32.2. The van der Waals surface area contributed by atoms with Gasteiger partial charge >= 0.3 is 0 Å². The first kappa shape index (κ1) is 12.3. The largest absolute Gasteiger partial charge is 0.353 e. The van der Waals surface area contributed by atoms with E-state index in [0.29, 0.717) is 13.1 Å². The molecule has 0 atom stereocenters. The predicted octanol–water partition coefficient (Wildman–Crippen LogP) is 0.549. The average Bonchev–Trinajstić information content (AvgIpc) is 2.59. The molecular formula is C10H18N2O2S. The summed E-state index contributed by atoms with van der Waals surface area (Å²) >= 11 is 0. The predicted molar refractivity (Wildman–Crippen MR) is 61.4 cm³/mol. The fourth-order valence-electron chi connectivity index (χ4n) is 1.27. The van der Waals surface area contributed by atoms with E-state index >= 15 is 0 Å². The number of hydrogen-bond donors (Lipinski definition) is 1. The van der Waals surface area contributed by atoms with Crippen LogP contribution in [0.1, 0.15) is 12.6 Å². The Kier molecular flexibility index (Phi) is 4.35. The zero-order valence-electron chi connectivity index (χ0n) is 9.23. The third kappa shape index (κ3) is 4.05. The molecule has 1 N–H and O–H groups in total. The molecule has 0 amide bonds. The lowest BCUT2D eigenvalue weighted by Gasteiger charge is -2.05. The van der Waals surface area contributed by atoms with Gasteiger partial charge in [-0.05, 0) is 12.1 Å². The van der Waals surface area contributed by atoms with Gasteiger partial charge in [-0.2, -0.15) is 0 Å². The maximum atomic E-state index is 11.2. The highest BCUT2D eigenvalue weighted by Gasteiger charge is 2.06. The second kappa shape index (κ2) is 5.32. The molecule has 1 aromatic heterocycles. The van der Waals surface area contributed by atoms with Crippen molar-refractivity contribution >= 4 is 9.84 Å². The molecule has 0 radical (unpaired) electrons. The van der Waals surface area contributed by atoms with E-state index in [1.165, 1.54) is 0 Å². The topological polar surface area (TPSA) is 51.1 Å². The van der Waals surface area contributed by atoms with Crippen molar-refractivity contribution in [2.45, 2.75) is 13.5 Å². The molecule has 0 saturated heterocycles. The number of aryl methyl sites for hydroxylation is 1. The van der Waals surface area contributed by atoms with E-state index in [1.807, 2.05) is 29.9 Å². The molecular weight excluding hydrogens is 212 g/mol. The Hall–Kier alpha value is -0.810. The minimum atomic E-state index is -2.84. The molecule has 86 valence electrons. The van der Waals surface area contributed by atoms with Crippen molar-refractivity contribution in [1.82, 2.24) is 9.88 Å². The number of rotatable bonds is 6. The summed E-state index contributed by atoms with van der Waals surface area (Å²) in [7, 11) is -0.868. The van der Waals surface area contributed by atoms with Gasteiger partial charge in [-0.15, -0.1) is 0 Å². The van der Waals surface area contributed by atoms with E-state index in [4.69, 9.17) is 0 Å². The van der Waals surface area contributed by atoms with Crippen LogP contribution in [0.5, 0.6) is 0 Å². The first-order valence-corrected chi connectivity index (χ1v) is 6.88. The number of hydrogen-bond acceptors (Lipinski definition) is 3. The van der Waals surface area contributed by atoms with Crippen molar-refractivity contribution in [3.8, 4) is 0 Å². The van der Waals surface area contributed by atoms with Crippen LogP contribution in [-0.2, 0) is 23.4 Å². The number of aromatic nitrogens is 1. The van der Waals surface area contributed by atoms with Crippen LogP contribution in [0.3, 0.4) is 0 Å². The second-order valence-electron chi connectivity index (χ2n) is 3.52. The van der Waals surface area contributed by atoms with Crippen LogP contribution in [0.2, 0.25) is 0 Å². The lowest BCUT2D eigenvalue weighted by atomic mass is 10.4. The van der Waals surface area contributed by atoms with Crippen molar-refractivity contribution in [2.24, 2.45) is 7.05 Å². The van der Waals surface area contributed by atoms with E-state index in [9.17, 15) is 8.42 Å². The summed E-state index contributed by atoms with van der Waals surface area (Å²) < 4.78 is 24.4. The van der Waals surface area contributed by atoms with Gasteiger partial charge < -0.3 is 9.88 Å². The van der Waals surface area contributed by atoms with Gasteiger partial charge in [0.25, 0.3) is 0 Å². The summed E-state index contributed by atoms with van der Waals surface area (Å²) in [5.74, 6) is 0.437. The van der Waals surface area contributed by atoms with Gasteiger partial charge in [-0.1, -0.05) is 6.92 Å². The maximum Gasteiger partial charge on any atom is 0.151 e. The fraction of sp³-hybridized carbons (Fsp3) is 0.600. The smallest absolute Gasteiger partial charge is 0.151 e. The molecule has 0 aliphatic heterocycles. The lowest BCUT2D eigenvalue weighted by Crippen LogP contribution is -2.24. The summed E-state index contributed by atoms with van der Waals surface area (Å²) in [5, 5.41) is 3.12. The van der Waals surface area contributed by atoms with Gasteiger partial charge in [0.15, 0.2) is 9.84 Å². The SMILES string of the molecule is CCS(=O)(=O)CCNCc1cccn1C. The zero-order valence-corrected chi connectivity index (χ0v) is 10.0. The van der Waals surface area contributed by atoms with Gasteiger partial charge in [-0.25, -0.2) is 8.42 Å². The Morgan fingerprint density at radius 2 is 2.20 bits per heavy atom. The van der Waals surface area contributed by atoms with Crippen LogP contribution in [-0.4, -0.2) is 31.0 Å². The van der Waals surface area contributed by atoms with Crippen LogP contribution >= 0.6 is 0 Å². The molecule has 15 heavy (non-hydrogen) atoms. The van der Waals surface area contributed by atoms with E-state index in [-0.39, 0.29) is 11.5 Å². The monoisotopic (exact) mass is 230 g/mol. The van der Waals surface area contributed by atoms with Crippen molar-refractivity contribution in [2.75, 3.05) is 18.1 Å². The normalized spacial score (nSPS) is 11.9.